The number of hydrogen-bond donors (Lipinski definition) is 1. The second kappa shape index (κ2) is 5.06. The number of ether oxygens (including phenoxy) is 1. The Balaban J connectivity index is 1.73. The predicted molar refractivity (Wildman–Crippen MR) is 69.5 cm³/mol. The van der Waals surface area contributed by atoms with Crippen LogP contribution in [-0.2, 0) is 0 Å². The Hall–Kier alpha value is -0.800. The number of benzene rings is 1. The molecule has 2 aliphatic rings. The molecule has 3 rings (SSSR count). The third-order valence-corrected chi connectivity index (χ3v) is 4.10. The van der Waals surface area contributed by atoms with Crippen LogP contribution in [-0.4, -0.2) is 19.2 Å². The molecule has 0 radical (unpaired) electrons. The molecule has 1 saturated carbocycles. The molecule has 1 aliphatic heterocycles. The molecule has 0 spiro atoms. The van der Waals surface area contributed by atoms with Gasteiger partial charge in [-0.1, -0.05) is 11.6 Å². The van der Waals surface area contributed by atoms with E-state index in [1.807, 2.05) is 0 Å². The first kappa shape index (κ1) is 12.2. The first-order valence-corrected chi connectivity index (χ1v) is 6.94. The average Bonchev–Trinajstić information content (AvgIpc) is 3.05. The molecule has 1 heterocycles. The van der Waals surface area contributed by atoms with Gasteiger partial charge in [-0.2, -0.15) is 0 Å². The zero-order valence-electron chi connectivity index (χ0n) is 10.2. The molecule has 0 aromatic heterocycles. The van der Waals surface area contributed by atoms with Crippen molar-refractivity contribution in [3.05, 3.63) is 29.0 Å². The Kier molecular flexibility index (Phi) is 3.44. The summed E-state index contributed by atoms with van der Waals surface area (Å²) in [6.07, 6.45) is 3.91. The van der Waals surface area contributed by atoms with Crippen molar-refractivity contribution in [1.29, 1.82) is 0 Å². The maximum Gasteiger partial charge on any atom is 0.142 e. The SMILES string of the molecule is Fc1ccc(O[C@@H](C2CC2)[C@H]2CCNC2)cc1Cl. The second-order valence-electron chi connectivity index (χ2n) is 5.25. The fraction of sp³-hybridized carbons (Fsp3) is 0.571. The normalized spacial score (nSPS) is 25.1. The van der Waals surface area contributed by atoms with Gasteiger partial charge in [0, 0.05) is 18.5 Å². The molecule has 1 aromatic carbocycles. The molecular weight excluding hydrogens is 253 g/mol. The first-order valence-electron chi connectivity index (χ1n) is 6.56. The van der Waals surface area contributed by atoms with Crippen LogP contribution in [0.15, 0.2) is 18.2 Å². The molecule has 2 atom stereocenters. The number of halogens is 2. The van der Waals surface area contributed by atoms with E-state index in [0.29, 0.717) is 17.6 Å². The zero-order chi connectivity index (χ0) is 12.5. The smallest absolute Gasteiger partial charge is 0.142 e. The quantitative estimate of drug-likeness (QED) is 0.906. The summed E-state index contributed by atoms with van der Waals surface area (Å²) < 4.78 is 19.2. The van der Waals surface area contributed by atoms with Crippen molar-refractivity contribution in [2.75, 3.05) is 13.1 Å². The minimum absolute atomic E-state index is 0.131. The Bertz CT molecular complexity index is 430. The van der Waals surface area contributed by atoms with Gasteiger partial charge in [0.25, 0.3) is 0 Å². The highest BCUT2D eigenvalue weighted by Crippen LogP contribution is 2.40. The van der Waals surface area contributed by atoms with Gasteiger partial charge in [-0.05, 0) is 43.9 Å². The van der Waals surface area contributed by atoms with Gasteiger partial charge < -0.3 is 10.1 Å². The number of hydrogen-bond acceptors (Lipinski definition) is 2. The largest absolute Gasteiger partial charge is 0.490 e. The molecule has 0 bridgehead atoms. The monoisotopic (exact) mass is 269 g/mol. The number of rotatable bonds is 4. The van der Waals surface area contributed by atoms with Crippen LogP contribution in [0.5, 0.6) is 5.75 Å². The number of nitrogens with one attached hydrogen (secondary N) is 1. The Labute approximate surface area is 111 Å². The van der Waals surface area contributed by atoms with Gasteiger partial charge in [-0.15, -0.1) is 0 Å². The maximum atomic E-state index is 13.1. The molecule has 98 valence electrons. The molecule has 2 nitrogen and oxygen atoms in total. The third-order valence-electron chi connectivity index (χ3n) is 3.81. The molecule has 1 aromatic rings. The summed E-state index contributed by atoms with van der Waals surface area (Å²) in [5.41, 5.74) is 0. The van der Waals surface area contributed by atoms with Crippen LogP contribution in [0, 0.1) is 17.7 Å². The topological polar surface area (TPSA) is 21.3 Å². The van der Waals surface area contributed by atoms with Gasteiger partial charge in [0.1, 0.15) is 17.7 Å². The fourth-order valence-corrected chi connectivity index (χ4v) is 2.84. The lowest BCUT2D eigenvalue weighted by atomic mass is 9.97. The third kappa shape index (κ3) is 2.62. The van der Waals surface area contributed by atoms with E-state index in [2.05, 4.69) is 5.32 Å². The van der Waals surface area contributed by atoms with Gasteiger partial charge in [0.2, 0.25) is 0 Å². The van der Waals surface area contributed by atoms with Crippen LogP contribution in [0.3, 0.4) is 0 Å². The molecule has 1 saturated heterocycles. The van der Waals surface area contributed by atoms with Gasteiger partial charge in [0.15, 0.2) is 0 Å². The van der Waals surface area contributed by atoms with Crippen molar-refractivity contribution in [3.63, 3.8) is 0 Å². The molecule has 4 heteroatoms. The van der Waals surface area contributed by atoms with Crippen molar-refractivity contribution in [3.8, 4) is 5.75 Å². The van der Waals surface area contributed by atoms with E-state index in [9.17, 15) is 4.39 Å². The van der Waals surface area contributed by atoms with E-state index >= 15 is 0 Å². The van der Waals surface area contributed by atoms with Crippen LogP contribution >= 0.6 is 11.6 Å². The summed E-state index contributed by atoms with van der Waals surface area (Å²) in [4.78, 5) is 0. The Morgan fingerprint density at radius 1 is 1.28 bits per heavy atom. The van der Waals surface area contributed by atoms with Gasteiger partial charge in [-0.25, -0.2) is 4.39 Å². The summed E-state index contributed by atoms with van der Waals surface area (Å²) in [5.74, 6) is 1.53. The molecule has 0 amide bonds. The molecule has 1 N–H and O–H groups in total. The highest BCUT2D eigenvalue weighted by atomic mass is 35.5. The molecule has 0 unspecified atom stereocenters. The summed E-state index contributed by atoms with van der Waals surface area (Å²) in [6, 6.07) is 4.61. The van der Waals surface area contributed by atoms with Crippen LogP contribution in [0.2, 0.25) is 5.02 Å². The minimum Gasteiger partial charge on any atom is -0.490 e. The van der Waals surface area contributed by atoms with Gasteiger partial charge in [0.05, 0.1) is 5.02 Å². The maximum absolute atomic E-state index is 13.1. The molecule has 1 aliphatic carbocycles. The second-order valence-corrected chi connectivity index (χ2v) is 5.66. The van der Waals surface area contributed by atoms with E-state index in [4.69, 9.17) is 16.3 Å². The van der Waals surface area contributed by atoms with Crippen molar-refractivity contribution >= 4 is 11.6 Å². The van der Waals surface area contributed by atoms with Crippen molar-refractivity contribution in [1.82, 2.24) is 5.32 Å². The van der Waals surface area contributed by atoms with Crippen molar-refractivity contribution in [2.45, 2.75) is 25.4 Å². The minimum atomic E-state index is -0.394. The lowest BCUT2D eigenvalue weighted by Gasteiger charge is -2.24. The lowest BCUT2D eigenvalue weighted by molar-refractivity contribution is 0.121. The highest BCUT2D eigenvalue weighted by molar-refractivity contribution is 6.30. The van der Waals surface area contributed by atoms with Crippen molar-refractivity contribution in [2.24, 2.45) is 11.8 Å². The molecule has 2 fully saturated rings. The van der Waals surface area contributed by atoms with E-state index < -0.39 is 5.82 Å². The van der Waals surface area contributed by atoms with Crippen LogP contribution < -0.4 is 10.1 Å². The Morgan fingerprint density at radius 3 is 2.72 bits per heavy atom. The van der Waals surface area contributed by atoms with Crippen LogP contribution in [0.4, 0.5) is 4.39 Å². The zero-order valence-corrected chi connectivity index (χ0v) is 10.9. The van der Waals surface area contributed by atoms with Crippen molar-refractivity contribution < 1.29 is 9.13 Å². The summed E-state index contributed by atoms with van der Waals surface area (Å²) in [5, 5.41) is 3.51. The average molecular weight is 270 g/mol. The van der Waals surface area contributed by atoms with Gasteiger partial charge in [-0.3, -0.25) is 0 Å². The Morgan fingerprint density at radius 2 is 2.11 bits per heavy atom. The van der Waals surface area contributed by atoms with E-state index in [0.717, 1.165) is 19.5 Å². The van der Waals surface area contributed by atoms with E-state index in [1.165, 1.54) is 18.9 Å². The summed E-state index contributed by atoms with van der Waals surface area (Å²) in [6.45, 7) is 2.09. The molecule has 18 heavy (non-hydrogen) atoms. The standard InChI is InChI=1S/C14H17ClFNO/c15-12-7-11(3-4-13(12)16)18-14(9-1-2-9)10-5-6-17-8-10/h3-4,7,9-10,14,17H,1-2,5-6,8H2/t10-,14-/m0/s1. The molecular formula is C14H17ClFNO. The first-order chi connectivity index (χ1) is 8.74. The van der Waals surface area contributed by atoms with Crippen LogP contribution in [0.25, 0.3) is 0 Å². The summed E-state index contributed by atoms with van der Waals surface area (Å²) in [7, 11) is 0. The predicted octanol–water partition coefficient (Wildman–Crippen LogP) is 3.25. The van der Waals surface area contributed by atoms with Crippen LogP contribution in [0.1, 0.15) is 19.3 Å². The lowest BCUT2D eigenvalue weighted by Crippen LogP contribution is -2.30. The van der Waals surface area contributed by atoms with E-state index in [1.54, 1.807) is 12.1 Å². The fourth-order valence-electron chi connectivity index (χ4n) is 2.67. The highest BCUT2D eigenvalue weighted by Gasteiger charge is 2.39. The summed E-state index contributed by atoms with van der Waals surface area (Å²) >= 11 is 5.78. The van der Waals surface area contributed by atoms with E-state index in [-0.39, 0.29) is 11.1 Å². The van der Waals surface area contributed by atoms with Gasteiger partial charge >= 0.3 is 0 Å².